The number of rotatable bonds is 0. The molecular weight excluding hydrogens is 172 g/mol. The van der Waals surface area contributed by atoms with Crippen molar-refractivity contribution in [2.24, 2.45) is 5.92 Å². The Hall–Kier alpha value is -1.12. The van der Waals surface area contributed by atoms with Crippen LogP contribution in [0.1, 0.15) is 20.8 Å². The van der Waals surface area contributed by atoms with E-state index < -0.39 is 11.6 Å². The lowest BCUT2D eigenvalue weighted by Crippen LogP contribution is -1.87. The van der Waals surface area contributed by atoms with E-state index >= 15 is 0 Å². The van der Waals surface area contributed by atoms with E-state index in [0.29, 0.717) is 0 Å². The summed E-state index contributed by atoms with van der Waals surface area (Å²) in [6.07, 6.45) is 0. The summed E-state index contributed by atoms with van der Waals surface area (Å²) in [5.74, 6) is -0.458. The van der Waals surface area contributed by atoms with E-state index in [0.717, 1.165) is 24.1 Å². The van der Waals surface area contributed by atoms with Crippen molar-refractivity contribution in [3.63, 3.8) is 0 Å². The lowest BCUT2D eigenvalue weighted by molar-refractivity contribution is 0.584. The monoisotopic (exact) mass is 187 g/mol. The second kappa shape index (κ2) is 5.51. The fourth-order valence-corrected chi connectivity index (χ4v) is 0.575. The van der Waals surface area contributed by atoms with Crippen LogP contribution in [0.5, 0.6) is 0 Å². The molecule has 2 N–H and O–H groups in total. The molecule has 0 fully saturated rings. The third kappa shape index (κ3) is 7.25. The van der Waals surface area contributed by atoms with Gasteiger partial charge in [0.15, 0.2) is 0 Å². The highest BCUT2D eigenvalue weighted by Gasteiger charge is 1.94. The molecule has 1 aromatic rings. The Morgan fingerprint density at radius 3 is 1.54 bits per heavy atom. The summed E-state index contributed by atoms with van der Waals surface area (Å²) in [7, 11) is 0. The van der Waals surface area contributed by atoms with Gasteiger partial charge in [-0.15, -0.1) is 0 Å². The Balaban J connectivity index is 0.000000310. The number of hydrogen-bond acceptors (Lipinski definition) is 1. The Labute approximate surface area is 77.6 Å². The minimum absolute atomic E-state index is 0.104. The second-order valence-corrected chi connectivity index (χ2v) is 3.43. The summed E-state index contributed by atoms with van der Waals surface area (Å²) in [4.78, 5) is 0. The Kier molecular flexibility index (Phi) is 5.04. The van der Waals surface area contributed by atoms with E-state index in [4.69, 9.17) is 5.73 Å². The lowest BCUT2D eigenvalue weighted by Gasteiger charge is -1.91. The van der Waals surface area contributed by atoms with Crippen molar-refractivity contribution >= 4 is 5.69 Å². The maximum atomic E-state index is 12.1. The van der Waals surface area contributed by atoms with Gasteiger partial charge >= 0.3 is 0 Å². The van der Waals surface area contributed by atoms with Gasteiger partial charge in [-0.25, -0.2) is 8.78 Å². The van der Waals surface area contributed by atoms with Crippen LogP contribution in [0, 0.1) is 17.6 Å². The van der Waals surface area contributed by atoms with Crippen molar-refractivity contribution in [1.29, 1.82) is 0 Å². The molecule has 13 heavy (non-hydrogen) atoms. The van der Waals surface area contributed by atoms with Crippen molar-refractivity contribution in [3.8, 4) is 0 Å². The van der Waals surface area contributed by atoms with Gasteiger partial charge in [0, 0.05) is 11.8 Å². The zero-order chi connectivity index (χ0) is 10.4. The highest BCUT2D eigenvalue weighted by molar-refractivity contribution is 5.37. The molecule has 0 amide bonds. The molecule has 1 rings (SSSR count). The largest absolute Gasteiger partial charge is 0.399 e. The highest BCUT2D eigenvalue weighted by atomic mass is 19.1. The van der Waals surface area contributed by atoms with Crippen LogP contribution in [-0.2, 0) is 0 Å². The summed E-state index contributed by atoms with van der Waals surface area (Å²) < 4.78 is 24.2. The quantitative estimate of drug-likeness (QED) is 0.620. The molecule has 0 bridgehead atoms. The minimum atomic E-state index is -0.646. The summed E-state index contributed by atoms with van der Waals surface area (Å²) in [5.41, 5.74) is 5.18. The molecule has 0 unspecified atom stereocenters. The average molecular weight is 187 g/mol. The van der Waals surface area contributed by atoms with Crippen molar-refractivity contribution < 1.29 is 8.78 Å². The van der Waals surface area contributed by atoms with E-state index in [2.05, 4.69) is 20.8 Å². The molecule has 0 radical (unpaired) electrons. The zero-order valence-corrected chi connectivity index (χ0v) is 8.14. The fourth-order valence-electron chi connectivity index (χ4n) is 0.575. The molecule has 1 nitrogen and oxygen atoms in total. The van der Waals surface area contributed by atoms with Gasteiger partial charge < -0.3 is 5.73 Å². The first-order valence-corrected chi connectivity index (χ1v) is 4.13. The molecule has 3 heteroatoms. The Morgan fingerprint density at radius 2 is 1.31 bits per heavy atom. The number of halogens is 2. The highest BCUT2D eigenvalue weighted by Crippen LogP contribution is 2.07. The molecule has 0 aliphatic carbocycles. The molecule has 0 saturated heterocycles. The standard InChI is InChI=1S/C6H5F2N.C4H10/c7-4-1-5(8)3-6(9)2-4;1-4(2)3/h1-3H,9H2;4H,1-3H3. The van der Waals surface area contributed by atoms with Crippen LogP contribution in [-0.4, -0.2) is 0 Å². The maximum Gasteiger partial charge on any atom is 0.128 e. The van der Waals surface area contributed by atoms with Crippen LogP contribution in [0.15, 0.2) is 18.2 Å². The number of benzene rings is 1. The van der Waals surface area contributed by atoms with Crippen LogP contribution in [0.25, 0.3) is 0 Å². The summed E-state index contributed by atoms with van der Waals surface area (Å²) in [6, 6.07) is 2.89. The Bertz CT molecular complexity index is 206. The molecule has 0 aliphatic rings. The maximum absolute atomic E-state index is 12.1. The molecule has 74 valence electrons. The summed E-state index contributed by atoms with van der Waals surface area (Å²) in [5, 5.41) is 0. The lowest BCUT2D eigenvalue weighted by atomic mass is 10.3. The van der Waals surface area contributed by atoms with Crippen LogP contribution in [0.4, 0.5) is 14.5 Å². The van der Waals surface area contributed by atoms with Crippen molar-refractivity contribution in [1.82, 2.24) is 0 Å². The second-order valence-electron chi connectivity index (χ2n) is 3.43. The predicted molar refractivity (Wildman–Crippen MR) is 51.3 cm³/mol. The van der Waals surface area contributed by atoms with Crippen molar-refractivity contribution in [3.05, 3.63) is 29.8 Å². The molecule has 0 atom stereocenters. The van der Waals surface area contributed by atoms with Crippen molar-refractivity contribution in [2.75, 3.05) is 5.73 Å². The summed E-state index contributed by atoms with van der Waals surface area (Å²) >= 11 is 0. The topological polar surface area (TPSA) is 26.0 Å². The van der Waals surface area contributed by atoms with E-state index in [1.54, 1.807) is 0 Å². The van der Waals surface area contributed by atoms with Gasteiger partial charge in [-0.2, -0.15) is 0 Å². The molecular formula is C10H15F2N. The van der Waals surface area contributed by atoms with E-state index in [-0.39, 0.29) is 5.69 Å². The van der Waals surface area contributed by atoms with Gasteiger partial charge in [0.2, 0.25) is 0 Å². The van der Waals surface area contributed by atoms with Gasteiger partial charge in [0.05, 0.1) is 0 Å². The van der Waals surface area contributed by atoms with E-state index in [1.807, 2.05) is 0 Å². The third-order valence-corrected chi connectivity index (χ3v) is 0.885. The van der Waals surface area contributed by atoms with Crippen LogP contribution < -0.4 is 5.73 Å². The third-order valence-electron chi connectivity index (χ3n) is 0.885. The number of nitrogens with two attached hydrogens (primary N) is 1. The van der Waals surface area contributed by atoms with Gasteiger partial charge in [-0.1, -0.05) is 20.8 Å². The fraction of sp³-hybridized carbons (Fsp3) is 0.400. The molecule has 0 aliphatic heterocycles. The zero-order valence-electron chi connectivity index (χ0n) is 8.14. The normalized spacial score (nSPS) is 9.38. The van der Waals surface area contributed by atoms with Gasteiger partial charge in [0.25, 0.3) is 0 Å². The molecule has 1 aromatic carbocycles. The number of hydrogen-bond donors (Lipinski definition) is 1. The first kappa shape index (κ1) is 11.9. The van der Waals surface area contributed by atoms with Crippen LogP contribution in [0.3, 0.4) is 0 Å². The van der Waals surface area contributed by atoms with Crippen LogP contribution in [0.2, 0.25) is 0 Å². The SMILES string of the molecule is CC(C)C.Nc1cc(F)cc(F)c1. The smallest absolute Gasteiger partial charge is 0.128 e. The van der Waals surface area contributed by atoms with Crippen molar-refractivity contribution in [2.45, 2.75) is 20.8 Å². The van der Waals surface area contributed by atoms with E-state index in [9.17, 15) is 8.78 Å². The average Bonchev–Trinajstić information content (AvgIpc) is 1.80. The molecule has 0 spiro atoms. The van der Waals surface area contributed by atoms with Gasteiger partial charge in [-0.05, 0) is 18.1 Å². The van der Waals surface area contributed by atoms with E-state index in [1.165, 1.54) is 0 Å². The minimum Gasteiger partial charge on any atom is -0.399 e. The molecule has 0 saturated carbocycles. The molecule has 0 aromatic heterocycles. The first-order valence-electron chi connectivity index (χ1n) is 4.13. The summed E-state index contributed by atoms with van der Waals surface area (Å²) in [6.45, 7) is 6.50. The first-order chi connectivity index (χ1) is 5.91. The van der Waals surface area contributed by atoms with Gasteiger partial charge in [-0.3, -0.25) is 0 Å². The predicted octanol–water partition coefficient (Wildman–Crippen LogP) is 3.21. The van der Waals surface area contributed by atoms with Gasteiger partial charge in [0.1, 0.15) is 11.6 Å². The Morgan fingerprint density at radius 1 is 1.00 bits per heavy atom. The molecule has 0 heterocycles. The number of anilines is 1. The number of nitrogen functional groups attached to an aromatic ring is 1. The van der Waals surface area contributed by atoms with Crippen LogP contribution >= 0.6 is 0 Å².